The lowest BCUT2D eigenvalue weighted by Crippen LogP contribution is -2.60. The number of aliphatic hydroxyl groups is 4. The summed E-state index contributed by atoms with van der Waals surface area (Å²) in [5, 5.41) is 52.4. The molecule has 4 heterocycles. The Labute approximate surface area is 231 Å². The first kappa shape index (κ1) is 28.6. The molecule has 2 aromatic rings. The van der Waals surface area contributed by atoms with Gasteiger partial charge in [-0.1, -0.05) is 6.08 Å². The quantitative estimate of drug-likeness (QED) is 0.205. The minimum Gasteiger partial charge on any atom is -0.508 e. The third kappa shape index (κ3) is 4.90. The van der Waals surface area contributed by atoms with Crippen LogP contribution in [0.2, 0.25) is 0 Å². The fourth-order valence-electron chi connectivity index (χ4n) is 6.08. The minimum atomic E-state index is -1.63. The zero-order valence-electron chi connectivity index (χ0n) is 22.3. The van der Waals surface area contributed by atoms with Gasteiger partial charge in [0.2, 0.25) is 6.29 Å². The van der Waals surface area contributed by atoms with E-state index in [4.69, 9.17) is 18.9 Å². The van der Waals surface area contributed by atoms with Gasteiger partial charge < -0.3 is 49.5 Å². The molecule has 5 rings (SSSR count). The van der Waals surface area contributed by atoms with E-state index in [1.165, 1.54) is 13.4 Å². The zero-order chi connectivity index (χ0) is 28.7. The number of phenols is 1. The van der Waals surface area contributed by atoms with Crippen LogP contribution in [0.15, 0.2) is 42.8 Å². The molecule has 0 spiro atoms. The van der Waals surface area contributed by atoms with E-state index >= 15 is 0 Å². The highest BCUT2D eigenvalue weighted by molar-refractivity contribution is 5.90. The number of benzene rings is 1. The standard InChI is InChI=1S/C28H36N2O10/c1-4-14-15(9-18-22-19(32)6-5-17-21(22)13(10-29-17)7-8-30(18)2)16(26(36)37-3)12-38-27(14)40-28-25(35)24(34)23(33)20(11-31)39-28/h4-6,10,12,14-15,18,20,23-25,27-29,31-35H,1,7-9,11H2,2-3H3/t14-,15+,18+,20-,23-,24+,25-,27+,28+/m1/s1. The summed E-state index contributed by atoms with van der Waals surface area (Å²) < 4.78 is 22.3. The highest BCUT2D eigenvalue weighted by Crippen LogP contribution is 2.46. The molecule has 218 valence electrons. The molecule has 6 N–H and O–H groups in total. The van der Waals surface area contributed by atoms with E-state index in [-0.39, 0.29) is 17.4 Å². The number of aromatic hydroxyl groups is 1. The first-order valence-electron chi connectivity index (χ1n) is 13.2. The molecule has 12 heteroatoms. The maximum Gasteiger partial charge on any atom is 0.337 e. The van der Waals surface area contributed by atoms with Crippen LogP contribution >= 0.6 is 0 Å². The molecule has 0 saturated carbocycles. The molecule has 9 atom stereocenters. The minimum absolute atomic E-state index is 0.145. The smallest absolute Gasteiger partial charge is 0.337 e. The second-order valence-corrected chi connectivity index (χ2v) is 10.5. The SMILES string of the molecule is C=C[C@H]1[C@H](O[C@@H]2O[C@H](CO)[C@@H](O)[C@H](O)[C@H]2O)OC=C(C(=O)OC)[C@H]1C[C@H]1c2c(O)ccc3[nH]cc(c23)CCN1C. The Morgan fingerprint density at radius 1 is 1.23 bits per heavy atom. The summed E-state index contributed by atoms with van der Waals surface area (Å²) in [7, 11) is 3.24. The first-order chi connectivity index (χ1) is 19.2. The van der Waals surface area contributed by atoms with Gasteiger partial charge in [-0.25, -0.2) is 4.79 Å². The summed E-state index contributed by atoms with van der Waals surface area (Å²) in [6.45, 7) is 4.04. The summed E-state index contributed by atoms with van der Waals surface area (Å²) in [6, 6.07) is 3.18. The topological polar surface area (TPSA) is 174 Å². The molecule has 3 aliphatic heterocycles. The number of phenolic OH excluding ortho intramolecular Hbond substituents is 1. The Morgan fingerprint density at radius 2 is 2.00 bits per heavy atom. The fraction of sp³-hybridized carbons (Fsp3) is 0.536. The van der Waals surface area contributed by atoms with Gasteiger partial charge in [0, 0.05) is 47.1 Å². The first-order valence-corrected chi connectivity index (χ1v) is 13.2. The normalized spacial score (nSPS) is 34.5. The molecule has 1 saturated heterocycles. The largest absolute Gasteiger partial charge is 0.508 e. The number of hydrogen-bond donors (Lipinski definition) is 6. The molecule has 1 aromatic carbocycles. The van der Waals surface area contributed by atoms with E-state index in [9.17, 15) is 30.3 Å². The Hall–Kier alpha value is -2.97. The van der Waals surface area contributed by atoms with Crippen LogP contribution in [0.1, 0.15) is 23.6 Å². The van der Waals surface area contributed by atoms with Crippen molar-refractivity contribution in [2.24, 2.45) is 11.8 Å². The summed E-state index contributed by atoms with van der Waals surface area (Å²) in [4.78, 5) is 18.3. The predicted molar refractivity (Wildman–Crippen MR) is 141 cm³/mol. The molecule has 1 fully saturated rings. The van der Waals surface area contributed by atoms with Gasteiger partial charge in [0.15, 0.2) is 6.29 Å². The number of ether oxygens (including phenoxy) is 4. The van der Waals surface area contributed by atoms with Crippen LogP contribution in [0, 0.1) is 11.8 Å². The van der Waals surface area contributed by atoms with Gasteiger partial charge in [-0.2, -0.15) is 0 Å². The Balaban J connectivity index is 1.49. The van der Waals surface area contributed by atoms with Crippen molar-refractivity contribution in [2.45, 2.75) is 55.9 Å². The van der Waals surface area contributed by atoms with Gasteiger partial charge in [0.1, 0.15) is 30.2 Å². The Kier molecular flexibility index (Phi) is 8.20. The van der Waals surface area contributed by atoms with Crippen LogP contribution in [0.25, 0.3) is 10.9 Å². The van der Waals surface area contributed by atoms with Gasteiger partial charge in [-0.3, -0.25) is 4.90 Å². The third-order valence-corrected chi connectivity index (χ3v) is 8.34. The number of aliphatic hydroxyl groups excluding tert-OH is 4. The van der Waals surface area contributed by atoms with Crippen LogP contribution in [0.4, 0.5) is 0 Å². The molecule has 0 bridgehead atoms. The Bertz CT molecular complexity index is 1280. The van der Waals surface area contributed by atoms with Gasteiger partial charge >= 0.3 is 5.97 Å². The Morgan fingerprint density at radius 3 is 2.70 bits per heavy atom. The van der Waals surface area contributed by atoms with Crippen molar-refractivity contribution in [2.75, 3.05) is 27.3 Å². The molecule has 0 amide bonds. The highest BCUT2D eigenvalue weighted by Gasteiger charge is 2.48. The number of hydrogen-bond acceptors (Lipinski definition) is 11. The summed E-state index contributed by atoms with van der Waals surface area (Å²) in [5.41, 5.74) is 3.00. The molecule has 3 aliphatic rings. The molecule has 12 nitrogen and oxygen atoms in total. The van der Waals surface area contributed by atoms with E-state index in [0.29, 0.717) is 13.0 Å². The van der Waals surface area contributed by atoms with E-state index in [2.05, 4.69) is 16.5 Å². The number of aromatic amines is 1. The maximum atomic E-state index is 12.9. The van der Waals surface area contributed by atoms with Crippen molar-refractivity contribution in [1.82, 2.24) is 9.88 Å². The van der Waals surface area contributed by atoms with Gasteiger partial charge in [-0.05, 0) is 37.6 Å². The highest BCUT2D eigenvalue weighted by atomic mass is 16.8. The monoisotopic (exact) mass is 560 g/mol. The molecule has 0 unspecified atom stereocenters. The number of nitrogens with zero attached hydrogens (tertiary/aromatic N) is 1. The van der Waals surface area contributed by atoms with E-state index < -0.39 is 61.4 Å². The van der Waals surface area contributed by atoms with Gasteiger partial charge in [-0.15, -0.1) is 6.58 Å². The number of nitrogens with one attached hydrogen (secondary N) is 1. The van der Waals surface area contributed by atoms with Crippen molar-refractivity contribution in [1.29, 1.82) is 0 Å². The van der Waals surface area contributed by atoms with Crippen LogP contribution in [-0.2, 0) is 30.2 Å². The van der Waals surface area contributed by atoms with E-state index in [0.717, 1.165) is 28.5 Å². The lowest BCUT2D eigenvalue weighted by atomic mass is 9.77. The number of rotatable bonds is 7. The van der Waals surface area contributed by atoms with Crippen LogP contribution in [-0.4, -0.2) is 106 Å². The van der Waals surface area contributed by atoms with Crippen LogP contribution < -0.4 is 0 Å². The van der Waals surface area contributed by atoms with Gasteiger partial charge in [0.05, 0.1) is 25.6 Å². The number of carbonyl (C=O) groups is 1. The molecule has 40 heavy (non-hydrogen) atoms. The second-order valence-electron chi connectivity index (χ2n) is 10.5. The summed E-state index contributed by atoms with van der Waals surface area (Å²) in [5.74, 6) is -1.66. The van der Waals surface area contributed by atoms with Gasteiger partial charge in [0.25, 0.3) is 0 Å². The van der Waals surface area contributed by atoms with E-state index in [1.54, 1.807) is 12.1 Å². The lowest BCUT2D eigenvalue weighted by Gasteiger charge is -2.43. The summed E-state index contributed by atoms with van der Waals surface area (Å²) >= 11 is 0. The maximum absolute atomic E-state index is 12.9. The van der Waals surface area contributed by atoms with Crippen molar-refractivity contribution < 1.29 is 49.3 Å². The van der Waals surface area contributed by atoms with E-state index in [1.807, 2.05) is 19.3 Å². The summed E-state index contributed by atoms with van der Waals surface area (Å²) in [6.07, 6.45) is -2.62. The van der Waals surface area contributed by atoms with Crippen LogP contribution in [0.3, 0.4) is 0 Å². The zero-order valence-corrected chi connectivity index (χ0v) is 22.3. The number of esters is 1. The number of carbonyl (C=O) groups excluding carboxylic acids is 1. The average Bonchev–Trinajstić information content (AvgIpc) is 3.31. The predicted octanol–water partition coefficient (Wildman–Crippen LogP) is 0.441. The van der Waals surface area contributed by atoms with Crippen molar-refractivity contribution in [3.8, 4) is 5.75 Å². The van der Waals surface area contributed by atoms with Crippen molar-refractivity contribution in [3.05, 3.63) is 53.9 Å². The molecule has 0 aliphatic carbocycles. The average molecular weight is 561 g/mol. The van der Waals surface area contributed by atoms with Crippen molar-refractivity contribution >= 4 is 16.9 Å². The van der Waals surface area contributed by atoms with Crippen LogP contribution in [0.5, 0.6) is 5.75 Å². The fourth-order valence-corrected chi connectivity index (χ4v) is 6.08. The third-order valence-electron chi connectivity index (χ3n) is 8.34. The molecular formula is C28H36N2O10. The number of methoxy groups -OCH3 is 1. The lowest BCUT2D eigenvalue weighted by molar-refractivity contribution is -0.339. The molecule has 0 radical (unpaired) electrons. The number of aromatic nitrogens is 1. The number of H-pyrrole nitrogens is 1. The number of likely N-dealkylation sites (N-methyl/N-ethyl adjacent to an activating group) is 1. The molecule has 1 aromatic heterocycles. The van der Waals surface area contributed by atoms with Crippen molar-refractivity contribution in [3.63, 3.8) is 0 Å². The second kappa shape index (κ2) is 11.5. The molecular weight excluding hydrogens is 524 g/mol.